The van der Waals surface area contributed by atoms with Gasteiger partial charge in [0.25, 0.3) is 0 Å². The highest BCUT2D eigenvalue weighted by Crippen LogP contribution is 2.20. The highest BCUT2D eigenvalue weighted by molar-refractivity contribution is 7.12. The van der Waals surface area contributed by atoms with Crippen molar-refractivity contribution in [3.05, 3.63) is 45.9 Å². The number of rotatable bonds is 3. The van der Waals surface area contributed by atoms with E-state index in [0.717, 1.165) is 11.3 Å². The summed E-state index contributed by atoms with van der Waals surface area (Å²) in [6.07, 6.45) is 1.81. The maximum Gasteiger partial charge on any atom is 0.418 e. The zero-order valence-corrected chi connectivity index (χ0v) is 13.9. The third-order valence-electron chi connectivity index (χ3n) is 2.85. The van der Waals surface area contributed by atoms with E-state index in [0.29, 0.717) is 11.3 Å². The fourth-order valence-electron chi connectivity index (χ4n) is 1.93. The molecule has 0 aliphatic heterocycles. The van der Waals surface area contributed by atoms with Crippen molar-refractivity contribution in [3.63, 3.8) is 0 Å². The molecule has 2 heterocycles. The van der Waals surface area contributed by atoms with Crippen LogP contribution in [-0.4, -0.2) is 29.3 Å². The molecular formula is C16H19NO4S. The molecule has 0 aliphatic carbocycles. The summed E-state index contributed by atoms with van der Waals surface area (Å²) in [6, 6.07) is 5.44. The lowest BCUT2D eigenvalue weighted by Gasteiger charge is -2.20. The molecule has 0 spiro atoms. The number of carbonyl (C=O) groups is 2. The summed E-state index contributed by atoms with van der Waals surface area (Å²) >= 11 is 1.33. The number of carbonyl (C=O) groups excluding carboxylic acids is 2. The first-order valence-electron chi connectivity index (χ1n) is 6.85. The van der Waals surface area contributed by atoms with Crippen molar-refractivity contribution in [2.75, 3.05) is 7.11 Å². The predicted octanol–water partition coefficient (Wildman–Crippen LogP) is 3.71. The fraction of sp³-hybridized carbons (Fsp3) is 0.375. The normalized spacial score (nSPS) is 11.3. The molecule has 0 bridgehead atoms. The second kappa shape index (κ2) is 6.36. The molecule has 5 nitrogen and oxygen atoms in total. The van der Waals surface area contributed by atoms with E-state index in [-0.39, 0.29) is 5.97 Å². The highest BCUT2D eigenvalue weighted by atomic mass is 32.1. The molecular weight excluding hydrogens is 302 g/mol. The van der Waals surface area contributed by atoms with Gasteiger partial charge in [-0.15, -0.1) is 11.3 Å². The van der Waals surface area contributed by atoms with Crippen LogP contribution in [0.3, 0.4) is 0 Å². The number of ether oxygens (including phenoxy) is 2. The summed E-state index contributed by atoms with van der Waals surface area (Å²) in [4.78, 5) is 24.2. The molecule has 0 aliphatic rings. The zero-order chi connectivity index (χ0) is 16.3. The van der Waals surface area contributed by atoms with Crippen molar-refractivity contribution in [2.24, 2.45) is 0 Å². The first-order chi connectivity index (χ1) is 10.3. The Balaban J connectivity index is 2.15. The monoisotopic (exact) mass is 321 g/mol. The Kier molecular flexibility index (Phi) is 4.71. The van der Waals surface area contributed by atoms with E-state index in [2.05, 4.69) is 0 Å². The number of nitrogens with zero attached hydrogens (tertiary/aromatic N) is 1. The Bertz CT molecular complexity index is 678. The smallest absolute Gasteiger partial charge is 0.418 e. The molecule has 0 atom stereocenters. The number of hydrogen-bond donors (Lipinski definition) is 0. The van der Waals surface area contributed by atoms with Gasteiger partial charge in [0.15, 0.2) is 0 Å². The molecule has 0 aromatic carbocycles. The van der Waals surface area contributed by atoms with Crippen molar-refractivity contribution < 1.29 is 19.1 Å². The Morgan fingerprint density at radius 1 is 1.32 bits per heavy atom. The summed E-state index contributed by atoms with van der Waals surface area (Å²) in [5.74, 6) is -0.348. The van der Waals surface area contributed by atoms with Crippen LogP contribution < -0.4 is 0 Å². The Labute approximate surface area is 133 Å². The maximum absolute atomic E-state index is 12.2. The Morgan fingerprint density at radius 3 is 2.68 bits per heavy atom. The molecule has 0 amide bonds. The van der Waals surface area contributed by atoms with E-state index in [1.54, 1.807) is 18.3 Å². The lowest BCUT2D eigenvalue weighted by atomic mass is 10.2. The molecule has 2 aromatic heterocycles. The van der Waals surface area contributed by atoms with E-state index < -0.39 is 11.7 Å². The predicted molar refractivity (Wildman–Crippen MR) is 84.5 cm³/mol. The van der Waals surface area contributed by atoms with E-state index in [1.807, 2.05) is 32.2 Å². The van der Waals surface area contributed by atoms with Crippen LogP contribution in [0, 0.1) is 0 Å². The summed E-state index contributed by atoms with van der Waals surface area (Å²) in [5, 5.41) is 1.89. The minimum Gasteiger partial charge on any atom is -0.465 e. The molecule has 2 rings (SSSR count). The van der Waals surface area contributed by atoms with Gasteiger partial charge in [-0.1, -0.05) is 0 Å². The molecule has 0 radical (unpaired) electrons. The van der Waals surface area contributed by atoms with Gasteiger partial charge in [0.05, 0.1) is 7.11 Å². The topological polar surface area (TPSA) is 57.5 Å². The third-order valence-corrected chi connectivity index (χ3v) is 3.81. The van der Waals surface area contributed by atoms with Gasteiger partial charge in [-0.2, -0.15) is 0 Å². The molecule has 118 valence electrons. The maximum atomic E-state index is 12.2. The van der Waals surface area contributed by atoms with Crippen LogP contribution in [0.15, 0.2) is 29.8 Å². The van der Waals surface area contributed by atoms with Crippen molar-refractivity contribution in [1.29, 1.82) is 0 Å². The van der Waals surface area contributed by atoms with Crippen molar-refractivity contribution in [3.8, 4) is 0 Å². The summed E-state index contributed by atoms with van der Waals surface area (Å²) in [7, 11) is 1.36. The zero-order valence-electron chi connectivity index (χ0n) is 13.1. The van der Waals surface area contributed by atoms with E-state index >= 15 is 0 Å². The average Bonchev–Trinajstić information content (AvgIpc) is 3.05. The van der Waals surface area contributed by atoms with Crippen LogP contribution >= 0.6 is 11.3 Å². The minimum atomic E-state index is -0.543. The number of methoxy groups -OCH3 is 1. The SMILES string of the molecule is COC(=O)c1cc(Cc2cccn2C(=O)OC(C)(C)C)cs1. The Morgan fingerprint density at radius 2 is 2.05 bits per heavy atom. The van der Waals surface area contributed by atoms with Gasteiger partial charge in [0.1, 0.15) is 10.5 Å². The van der Waals surface area contributed by atoms with Gasteiger partial charge in [-0.25, -0.2) is 9.59 Å². The standard InChI is InChI=1S/C16H19NO4S/c1-16(2,3)21-15(19)17-7-5-6-12(17)8-11-9-13(22-10-11)14(18)20-4/h5-7,9-10H,8H2,1-4H3. The number of hydrogen-bond acceptors (Lipinski definition) is 5. The Hall–Kier alpha value is -2.08. The lowest BCUT2D eigenvalue weighted by Crippen LogP contribution is -2.27. The number of aromatic nitrogens is 1. The van der Waals surface area contributed by atoms with E-state index in [1.165, 1.54) is 23.0 Å². The van der Waals surface area contributed by atoms with Gasteiger partial charge < -0.3 is 9.47 Å². The second-order valence-corrected chi connectivity index (χ2v) is 6.75. The molecule has 0 fully saturated rings. The van der Waals surface area contributed by atoms with Gasteiger partial charge >= 0.3 is 12.1 Å². The average molecular weight is 321 g/mol. The van der Waals surface area contributed by atoms with Crippen molar-refractivity contribution in [1.82, 2.24) is 4.57 Å². The van der Waals surface area contributed by atoms with Gasteiger partial charge in [0.2, 0.25) is 0 Å². The molecule has 0 saturated heterocycles. The summed E-state index contributed by atoms with van der Waals surface area (Å²) < 4.78 is 11.6. The molecule has 0 N–H and O–H groups in total. The van der Waals surface area contributed by atoms with Gasteiger partial charge in [0, 0.05) is 18.3 Å². The van der Waals surface area contributed by atoms with Crippen LogP contribution in [-0.2, 0) is 15.9 Å². The lowest BCUT2D eigenvalue weighted by molar-refractivity contribution is 0.0532. The van der Waals surface area contributed by atoms with Crippen molar-refractivity contribution >= 4 is 23.4 Å². The first-order valence-corrected chi connectivity index (χ1v) is 7.73. The van der Waals surface area contributed by atoms with Crippen LogP contribution in [0.5, 0.6) is 0 Å². The van der Waals surface area contributed by atoms with Crippen LogP contribution in [0.2, 0.25) is 0 Å². The van der Waals surface area contributed by atoms with E-state index in [4.69, 9.17) is 9.47 Å². The molecule has 22 heavy (non-hydrogen) atoms. The molecule has 0 unspecified atom stereocenters. The van der Waals surface area contributed by atoms with Crippen molar-refractivity contribution in [2.45, 2.75) is 32.8 Å². The molecule has 2 aromatic rings. The summed E-state index contributed by atoms with van der Waals surface area (Å²) in [6.45, 7) is 5.49. The largest absolute Gasteiger partial charge is 0.465 e. The van der Waals surface area contributed by atoms with Gasteiger partial charge in [-0.05, 0) is 49.9 Å². The van der Waals surface area contributed by atoms with Gasteiger partial charge in [-0.3, -0.25) is 4.57 Å². The van der Waals surface area contributed by atoms with E-state index in [9.17, 15) is 9.59 Å². The minimum absolute atomic E-state index is 0.348. The fourth-order valence-corrected chi connectivity index (χ4v) is 2.76. The third kappa shape index (κ3) is 3.98. The van der Waals surface area contributed by atoms with Crippen LogP contribution in [0.4, 0.5) is 4.79 Å². The number of esters is 1. The second-order valence-electron chi connectivity index (χ2n) is 5.84. The first kappa shape index (κ1) is 16.3. The highest BCUT2D eigenvalue weighted by Gasteiger charge is 2.19. The van der Waals surface area contributed by atoms with Crippen LogP contribution in [0.25, 0.3) is 0 Å². The quantitative estimate of drug-likeness (QED) is 0.809. The van der Waals surface area contributed by atoms with Crippen LogP contribution in [0.1, 0.15) is 41.7 Å². The molecule has 6 heteroatoms. The number of thiophene rings is 1. The summed E-state index contributed by atoms with van der Waals surface area (Å²) in [5.41, 5.74) is 1.22. The molecule has 0 saturated carbocycles.